The molecule has 1 aromatic heterocycles. The molecule has 2 N–H and O–H groups in total. The highest BCUT2D eigenvalue weighted by Crippen LogP contribution is 2.51. The summed E-state index contributed by atoms with van der Waals surface area (Å²) in [4.78, 5) is 17.3. The van der Waals surface area contributed by atoms with Gasteiger partial charge in [-0.3, -0.25) is 9.69 Å². The molecular weight excluding hydrogens is 402 g/mol. The molecule has 0 unspecified atom stereocenters. The minimum absolute atomic E-state index is 0.0829. The number of thiophene rings is 1. The standard InChI is InChI=1S/C23H22ClN3OS/c1-13-7-8-19(29-13)20-16(12-25)22(26)27(15-6-4-5-14(24)9-15)17-10-23(2,3)11-18(28)21(17)20/h4-9,20H,10-11,26H2,1-3H3/t20-/m0/s1. The number of nitrogens with two attached hydrogens (primary N) is 1. The van der Waals surface area contributed by atoms with Crippen molar-refractivity contribution in [3.05, 3.63) is 73.8 Å². The Morgan fingerprint density at radius 1 is 1.28 bits per heavy atom. The first-order valence-electron chi connectivity index (χ1n) is 9.50. The molecule has 0 saturated heterocycles. The van der Waals surface area contributed by atoms with Crippen molar-refractivity contribution in [3.8, 4) is 6.07 Å². The largest absolute Gasteiger partial charge is 0.384 e. The molecule has 0 fully saturated rings. The molecule has 6 heteroatoms. The summed E-state index contributed by atoms with van der Waals surface area (Å²) in [5.41, 5.74) is 9.15. The topological polar surface area (TPSA) is 70.1 Å². The second-order valence-electron chi connectivity index (χ2n) is 8.41. The Kier molecular flexibility index (Phi) is 4.80. The van der Waals surface area contributed by atoms with Crippen LogP contribution in [0.4, 0.5) is 5.69 Å². The van der Waals surface area contributed by atoms with Crippen LogP contribution >= 0.6 is 22.9 Å². The van der Waals surface area contributed by atoms with Crippen molar-refractivity contribution >= 4 is 34.4 Å². The van der Waals surface area contributed by atoms with Gasteiger partial charge in [-0.1, -0.05) is 31.5 Å². The minimum atomic E-state index is -0.410. The van der Waals surface area contributed by atoms with Crippen molar-refractivity contribution < 1.29 is 4.79 Å². The fraction of sp³-hybridized carbons (Fsp3) is 0.304. The summed E-state index contributed by atoms with van der Waals surface area (Å²) in [7, 11) is 0. The van der Waals surface area contributed by atoms with Crippen molar-refractivity contribution in [2.24, 2.45) is 11.1 Å². The van der Waals surface area contributed by atoms with Gasteiger partial charge in [0.1, 0.15) is 5.82 Å². The molecule has 4 nitrogen and oxygen atoms in total. The maximum absolute atomic E-state index is 13.4. The molecule has 1 atom stereocenters. The summed E-state index contributed by atoms with van der Waals surface area (Å²) >= 11 is 7.85. The number of Topliss-reactive ketones (excluding diaryl/α,β-unsaturated/α-hetero) is 1. The summed E-state index contributed by atoms with van der Waals surface area (Å²) in [6.07, 6.45) is 1.15. The number of halogens is 1. The Morgan fingerprint density at radius 3 is 2.66 bits per heavy atom. The second kappa shape index (κ2) is 7.05. The predicted octanol–water partition coefficient (Wildman–Crippen LogP) is 5.65. The highest BCUT2D eigenvalue weighted by atomic mass is 35.5. The van der Waals surface area contributed by atoms with E-state index >= 15 is 0 Å². The van der Waals surface area contributed by atoms with E-state index in [1.807, 2.05) is 42.2 Å². The number of ketones is 1. The van der Waals surface area contributed by atoms with Gasteiger partial charge in [-0.2, -0.15) is 5.26 Å². The van der Waals surface area contributed by atoms with E-state index in [0.29, 0.717) is 34.8 Å². The Labute approximate surface area is 179 Å². The lowest BCUT2D eigenvalue weighted by Crippen LogP contribution is -2.42. The lowest BCUT2D eigenvalue weighted by molar-refractivity contribution is -0.118. The number of nitriles is 1. The van der Waals surface area contributed by atoms with Gasteiger partial charge in [-0.05, 0) is 49.1 Å². The van der Waals surface area contributed by atoms with Crippen LogP contribution in [-0.2, 0) is 4.79 Å². The molecule has 0 radical (unpaired) electrons. The third kappa shape index (κ3) is 3.37. The Morgan fingerprint density at radius 2 is 2.03 bits per heavy atom. The molecule has 29 heavy (non-hydrogen) atoms. The van der Waals surface area contributed by atoms with Crippen molar-refractivity contribution in [1.82, 2.24) is 0 Å². The van der Waals surface area contributed by atoms with Crippen LogP contribution in [0.15, 0.2) is 59.1 Å². The second-order valence-corrected chi connectivity index (χ2v) is 10.2. The Bertz CT molecular complexity index is 1120. The van der Waals surface area contributed by atoms with E-state index in [4.69, 9.17) is 17.3 Å². The van der Waals surface area contributed by atoms with Gasteiger partial charge in [0.25, 0.3) is 0 Å². The maximum atomic E-state index is 13.4. The van der Waals surface area contributed by atoms with Gasteiger partial charge in [0, 0.05) is 38.2 Å². The zero-order valence-electron chi connectivity index (χ0n) is 16.6. The highest BCUT2D eigenvalue weighted by Gasteiger charge is 2.45. The van der Waals surface area contributed by atoms with Gasteiger partial charge in [-0.25, -0.2) is 0 Å². The first-order chi connectivity index (χ1) is 13.7. The molecule has 0 spiro atoms. The molecule has 1 aliphatic carbocycles. The number of aryl methyl sites for hydroxylation is 1. The van der Waals surface area contributed by atoms with E-state index in [2.05, 4.69) is 19.9 Å². The lowest BCUT2D eigenvalue weighted by atomic mass is 9.69. The third-order valence-corrected chi connectivity index (χ3v) is 6.79. The summed E-state index contributed by atoms with van der Waals surface area (Å²) in [6.45, 7) is 6.21. The summed E-state index contributed by atoms with van der Waals surface area (Å²) in [5, 5.41) is 10.6. The molecule has 2 heterocycles. The van der Waals surface area contributed by atoms with E-state index in [1.54, 1.807) is 17.4 Å². The molecule has 2 aromatic rings. The van der Waals surface area contributed by atoms with E-state index in [-0.39, 0.29) is 11.2 Å². The van der Waals surface area contributed by atoms with Crippen LogP contribution in [-0.4, -0.2) is 5.78 Å². The van der Waals surface area contributed by atoms with Crippen molar-refractivity contribution in [2.75, 3.05) is 4.90 Å². The molecule has 2 aliphatic rings. The van der Waals surface area contributed by atoms with E-state index < -0.39 is 5.92 Å². The van der Waals surface area contributed by atoms with Crippen molar-refractivity contribution in [1.29, 1.82) is 5.26 Å². The summed E-state index contributed by atoms with van der Waals surface area (Å²) in [6, 6.07) is 13.7. The smallest absolute Gasteiger partial charge is 0.162 e. The van der Waals surface area contributed by atoms with Gasteiger partial charge in [0.05, 0.1) is 17.6 Å². The average Bonchev–Trinajstić information content (AvgIpc) is 3.05. The van der Waals surface area contributed by atoms with Crippen LogP contribution in [0.5, 0.6) is 0 Å². The van der Waals surface area contributed by atoms with Crippen LogP contribution in [0.1, 0.15) is 42.4 Å². The molecule has 0 bridgehead atoms. The fourth-order valence-corrected chi connectivity index (χ4v) is 5.49. The van der Waals surface area contributed by atoms with Crippen LogP contribution in [0.3, 0.4) is 0 Å². The lowest BCUT2D eigenvalue weighted by Gasteiger charge is -2.43. The molecule has 1 aromatic carbocycles. The van der Waals surface area contributed by atoms with Gasteiger partial charge < -0.3 is 5.73 Å². The van der Waals surface area contributed by atoms with Crippen LogP contribution in [0.2, 0.25) is 5.02 Å². The number of benzene rings is 1. The molecule has 0 amide bonds. The monoisotopic (exact) mass is 423 g/mol. The number of carbonyl (C=O) groups is 1. The zero-order valence-corrected chi connectivity index (χ0v) is 18.2. The summed E-state index contributed by atoms with van der Waals surface area (Å²) < 4.78 is 0. The van der Waals surface area contributed by atoms with Gasteiger partial charge in [0.2, 0.25) is 0 Å². The first kappa shape index (κ1) is 19.8. The zero-order chi connectivity index (χ0) is 20.9. The van der Waals surface area contributed by atoms with Gasteiger partial charge in [-0.15, -0.1) is 11.3 Å². The number of anilines is 1. The quantitative estimate of drug-likeness (QED) is 0.677. The average molecular weight is 424 g/mol. The normalized spacial score (nSPS) is 21.3. The Hall–Kier alpha value is -2.55. The van der Waals surface area contributed by atoms with Crippen LogP contribution in [0.25, 0.3) is 0 Å². The number of hydrogen-bond donors (Lipinski definition) is 1. The molecule has 1 aliphatic heterocycles. The number of hydrogen-bond acceptors (Lipinski definition) is 5. The molecule has 0 saturated carbocycles. The predicted molar refractivity (Wildman–Crippen MR) is 118 cm³/mol. The number of rotatable bonds is 2. The number of carbonyl (C=O) groups excluding carboxylic acids is 1. The SMILES string of the molecule is Cc1ccc([C@@H]2C(C#N)=C(N)N(c3cccc(Cl)c3)C3=C2C(=O)CC(C)(C)C3)s1. The van der Waals surface area contributed by atoms with Gasteiger partial charge in [0.15, 0.2) is 5.78 Å². The maximum Gasteiger partial charge on any atom is 0.162 e. The van der Waals surface area contributed by atoms with Crippen molar-refractivity contribution in [3.63, 3.8) is 0 Å². The van der Waals surface area contributed by atoms with E-state index in [0.717, 1.165) is 21.1 Å². The first-order valence-corrected chi connectivity index (χ1v) is 10.7. The molecular formula is C23H22ClN3OS. The highest BCUT2D eigenvalue weighted by molar-refractivity contribution is 7.12. The number of nitrogens with zero attached hydrogens (tertiary/aromatic N) is 2. The van der Waals surface area contributed by atoms with Crippen LogP contribution in [0, 0.1) is 23.7 Å². The third-order valence-electron chi connectivity index (χ3n) is 5.49. The van der Waals surface area contributed by atoms with Crippen molar-refractivity contribution in [2.45, 2.75) is 39.5 Å². The Balaban J connectivity index is 2.00. The van der Waals surface area contributed by atoms with Gasteiger partial charge >= 0.3 is 0 Å². The molecule has 4 rings (SSSR count). The minimum Gasteiger partial charge on any atom is -0.384 e. The number of allylic oxidation sites excluding steroid dienone is 3. The van der Waals surface area contributed by atoms with E-state index in [1.165, 1.54) is 0 Å². The fourth-order valence-electron chi connectivity index (χ4n) is 4.31. The summed E-state index contributed by atoms with van der Waals surface area (Å²) in [5.74, 6) is 0.0439. The molecule has 148 valence electrons. The van der Waals surface area contributed by atoms with Crippen LogP contribution < -0.4 is 10.6 Å². The van der Waals surface area contributed by atoms with E-state index in [9.17, 15) is 10.1 Å².